The van der Waals surface area contributed by atoms with Crippen molar-refractivity contribution in [2.75, 3.05) is 38.9 Å². The number of nitrogens with one attached hydrogen (secondary N) is 2. The molecule has 5 rings (SSSR count). The first-order valence-corrected chi connectivity index (χ1v) is 16.5. The lowest BCUT2D eigenvalue weighted by atomic mass is 10.1. The number of anilines is 1. The highest BCUT2D eigenvalue weighted by atomic mass is 35.5. The van der Waals surface area contributed by atoms with Gasteiger partial charge in [0.1, 0.15) is 23.9 Å². The van der Waals surface area contributed by atoms with Crippen molar-refractivity contribution in [3.05, 3.63) is 70.9 Å². The monoisotopic (exact) mass is 695 g/mol. The lowest BCUT2D eigenvalue weighted by molar-refractivity contribution is 0.0505. The smallest absolute Gasteiger partial charge is 0.407 e. The number of aliphatic imine (C=N–C) groups is 1. The summed E-state index contributed by atoms with van der Waals surface area (Å²) in [5.74, 6) is 0.128. The Labute approximate surface area is 290 Å². The number of carbonyl (C=O) groups excluding carboxylic acids is 1. The van der Waals surface area contributed by atoms with Crippen LogP contribution in [0.2, 0.25) is 5.02 Å². The quantitative estimate of drug-likeness (QED) is 0.0818. The van der Waals surface area contributed by atoms with Crippen LogP contribution in [0, 0.1) is 12.7 Å². The zero-order valence-corrected chi connectivity index (χ0v) is 29.1. The number of pyridine rings is 1. The summed E-state index contributed by atoms with van der Waals surface area (Å²) in [5.41, 5.74) is 10.9. The third kappa shape index (κ3) is 9.58. The number of benzene rings is 1. The number of nitrogens with zero attached hydrogens (tertiary/aromatic N) is 4. The van der Waals surface area contributed by atoms with Crippen LogP contribution in [0.4, 0.5) is 20.6 Å². The van der Waals surface area contributed by atoms with Crippen molar-refractivity contribution in [3.63, 3.8) is 0 Å². The minimum Gasteiger partial charge on any atom is -0.475 e. The van der Waals surface area contributed by atoms with Crippen LogP contribution in [-0.4, -0.2) is 77.7 Å². The number of amidine groups is 1. The molecule has 0 aliphatic heterocycles. The topological polar surface area (TPSA) is 147 Å². The molecule has 1 saturated carbocycles. The predicted octanol–water partition coefficient (Wildman–Crippen LogP) is 6.43. The molecule has 0 bridgehead atoms. The molecule has 12 nitrogen and oxygen atoms in total. The fourth-order valence-corrected chi connectivity index (χ4v) is 5.75. The fraction of sp³-hybridized carbons (Fsp3) is 0.429. The number of amides is 1. The second-order valence-electron chi connectivity index (χ2n) is 12.9. The summed E-state index contributed by atoms with van der Waals surface area (Å²) in [4.78, 5) is 21.4. The first-order chi connectivity index (χ1) is 23.4. The van der Waals surface area contributed by atoms with Crippen molar-refractivity contribution in [1.29, 1.82) is 0 Å². The van der Waals surface area contributed by atoms with E-state index in [1.165, 1.54) is 18.2 Å². The summed E-state index contributed by atoms with van der Waals surface area (Å²) in [6.45, 7) is 9.31. The minimum atomic E-state index is -0.591. The molecule has 262 valence electrons. The molecule has 0 saturated heterocycles. The van der Waals surface area contributed by atoms with Crippen LogP contribution in [0.25, 0.3) is 16.6 Å². The number of alkyl carbamates (subject to hydrolysis) is 1. The number of rotatable bonds is 13. The Balaban J connectivity index is 1.43. The van der Waals surface area contributed by atoms with Gasteiger partial charge in [0.25, 0.3) is 0 Å². The first kappa shape index (κ1) is 35.8. The van der Waals surface area contributed by atoms with Crippen molar-refractivity contribution in [1.82, 2.24) is 19.9 Å². The molecule has 0 unspecified atom stereocenters. The maximum Gasteiger partial charge on any atom is 0.407 e. The Kier molecular flexibility index (Phi) is 11.6. The van der Waals surface area contributed by atoms with Gasteiger partial charge in [0.05, 0.1) is 53.5 Å². The van der Waals surface area contributed by atoms with E-state index in [1.54, 1.807) is 24.0 Å². The summed E-state index contributed by atoms with van der Waals surface area (Å²) < 4.78 is 37.5. The highest BCUT2D eigenvalue weighted by molar-refractivity contribution is 6.33. The minimum absolute atomic E-state index is 0.00731. The van der Waals surface area contributed by atoms with Gasteiger partial charge < -0.3 is 35.3 Å². The van der Waals surface area contributed by atoms with Crippen molar-refractivity contribution in [2.24, 2.45) is 10.7 Å². The number of ether oxygens (including phenoxy) is 4. The van der Waals surface area contributed by atoms with Crippen LogP contribution >= 0.6 is 11.6 Å². The highest BCUT2D eigenvalue weighted by Gasteiger charge is 2.29. The van der Waals surface area contributed by atoms with Gasteiger partial charge in [-0.15, -0.1) is 0 Å². The largest absolute Gasteiger partial charge is 0.475 e. The number of methoxy groups -OCH3 is 1. The fourth-order valence-electron chi connectivity index (χ4n) is 5.59. The molecule has 4 N–H and O–H groups in total. The summed E-state index contributed by atoms with van der Waals surface area (Å²) in [6, 6.07) is 7.73. The Morgan fingerprint density at radius 1 is 1.12 bits per heavy atom. The van der Waals surface area contributed by atoms with Gasteiger partial charge in [-0.25, -0.2) is 23.7 Å². The number of halogens is 2. The predicted molar refractivity (Wildman–Crippen MR) is 188 cm³/mol. The van der Waals surface area contributed by atoms with E-state index >= 15 is 0 Å². The molecule has 3 aromatic heterocycles. The van der Waals surface area contributed by atoms with E-state index in [4.69, 9.17) is 36.3 Å². The summed E-state index contributed by atoms with van der Waals surface area (Å²) in [7, 11) is 1.63. The molecule has 1 aliphatic carbocycles. The van der Waals surface area contributed by atoms with Crippen LogP contribution in [0.1, 0.15) is 51.2 Å². The van der Waals surface area contributed by atoms with Gasteiger partial charge in [-0.2, -0.15) is 5.10 Å². The Morgan fingerprint density at radius 2 is 1.90 bits per heavy atom. The van der Waals surface area contributed by atoms with Gasteiger partial charge in [0.15, 0.2) is 0 Å². The normalized spacial score (nSPS) is 16.6. The number of hydrogen-bond donors (Lipinski definition) is 3. The third-order valence-corrected chi connectivity index (χ3v) is 8.19. The second-order valence-corrected chi connectivity index (χ2v) is 13.3. The number of nitrogens with two attached hydrogens (primary N) is 1. The van der Waals surface area contributed by atoms with Crippen molar-refractivity contribution >= 4 is 40.4 Å². The number of aromatic nitrogens is 3. The summed E-state index contributed by atoms with van der Waals surface area (Å²) in [6.07, 6.45) is 7.07. The van der Waals surface area contributed by atoms with Crippen molar-refractivity contribution < 1.29 is 28.1 Å². The van der Waals surface area contributed by atoms with Gasteiger partial charge in [0, 0.05) is 54.8 Å². The van der Waals surface area contributed by atoms with Crippen molar-refractivity contribution in [3.8, 4) is 17.0 Å². The number of fused-ring (bicyclic) bond motifs is 1. The summed E-state index contributed by atoms with van der Waals surface area (Å²) in [5, 5.41) is 11.5. The molecule has 14 heteroatoms. The van der Waals surface area contributed by atoms with Gasteiger partial charge >= 0.3 is 6.09 Å². The zero-order chi connectivity index (χ0) is 35.1. The average Bonchev–Trinajstić information content (AvgIpc) is 3.66. The molecule has 1 amide bonds. The van der Waals surface area contributed by atoms with E-state index in [2.05, 4.69) is 25.7 Å². The molecule has 1 fully saturated rings. The van der Waals surface area contributed by atoms with Gasteiger partial charge in [-0.1, -0.05) is 11.6 Å². The number of carbonyl (C=O) groups is 1. The maximum absolute atomic E-state index is 14.1. The molecule has 3 heterocycles. The highest BCUT2D eigenvalue weighted by Crippen LogP contribution is 2.34. The Morgan fingerprint density at radius 3 is 2.65 bits per heavy atom. The van der Waals surface area contributed by atoms with E-state index < -0.39 is 17.5 Å². The van der Waals surface area contributed by atoms with E-state index in [-0.39, 0.29) is 28.6 Å². The standard InChI is InChI=1S/C35H43ClFN7O5/c1-21-14-31(48-13-12-47-11-10-46-5)39-18-26(21)22-15-30-32(41-24-7-8-25(17-24)42-34(45)49-35(2,3)4)27(19-40-44(30)20-22)33(38)43-29-16-23(37)6-9-28(29)36/h6,9,14-16,18-20,24-25,41H,7-8,10-13,17H2,1-5H3,(H2,38,43)(H,42,45)/t24-,25+/m1/s1. The SMILES string of the molecule is COCCOCCOc1cc(C)c(-c2cc3c(N[C@@H]4CC[C@H](NC(=O)OC(C)(C)C)C4)c(C(N)=Nc4cc(F)ccc4Cl)cnn3c2)cn1. The van der Waals surface area contributed by atoms with E-state index in [1.807, 2.05) is 46.0 Å². The van der Waals surface area contributed by atoms with E-state index in [0.29, 0.717) is 50.0 Å². The first-order valence-electron chi connectivity index (χ1n) is 16.1. The average molecular weight is 696 g/mol. The molecule has 1 aliphatic rings. The van der Waals surface area contributed by atoms with Gasteiger partial charge in [0.2, 0.25) is 5.88 Å². The van der Waals surface area contributed by atoms with Crippen LogP contribution in [0.5, 0.6) is 5.88 Å². The second kappa shape index (κ2) is 15.8. The van der Waals surface area contributed by atoms with Gasteiger partial charge in [-0.3, -0.25) is 0 Å². The Bertz CT molecular complexity index is 1810. The van der Waals surface area contributed by atoms with E-state index in [0.717, 1.165) is 35.0 Å². The van der Waals surface area contributed by atoms with Crippen molar-refractivity contribution in [2.45, 2.75) is 64.6 Å². The van der Waals surface area contributed by atoms with Gasteiger partial charge in [-0.05, 0) is 70.7 Å². The molecule has 4 aromatic rings. The zero-order valence-electron chi connectivity index (χ0n) is 28.4. The third-order valence-electron chi connectivity index (χ3n) is 7.87. The van der Waals surface area contributed by atoms with Crippen LogP contribution in [-0.2, 0) is 14.2 Å². The van der Waals surface area contributed by atoms with Crippen LogP contribution in [0.15, 0.2) is 53.9 Å². The summed E-state index contributed by atoms with van der Waals surface area (Å²) >= 11 is 6.31. The molecule has 49 heavy (non-hydrogen) atoms. The number of aryl methyl sites for hydroxylation is 1. The molecule has 1 aromatic carbocycles. The lowest BCUT2D eigenvalue weighted by Crippen LogP contribution is -2.38. The lowest BCUT2D eigenvalue weighted by Gasteiger charge is -2.22. The molecule has 0 spiro atoms. The van der Waals surface area contributed by atoms with Crippen LogP contribution in [0.3, 0.4) is 0 Å². The van der Waals surface area contributed by atoms with Crippen LogP contribution < -0.4 is 21.1 Å². The molecule has 2 atom stereocenters. The molecule has 0 radical (unpaired) electrons. The van der Waals surface area contributed by atoms with E-state index in [9.17, 15) is 9.18 Å². The molecular weight excluding hydrogens is 653 g/mol. The number of hydrogen-bond acceptors (Lipinski definition) is 9. The Hall–Kier alpha value is -4.46. The maximum atomic E-state index is 14.1. The molecular formula is C35H43ClFN7O5.